The lowest BCUT2D eigenvalue weighted by Crippen LogP contribution is -2.04. The van der Waals surface area contributed by atoms with Crippen LogP contribution in [0.4, 0.5) is 0 Å². The minimum atomic E-state index is 0.587. The van der Waals surface area contributed by atoms with Crippen molar-refractivity contribution >= 4 is 0 Å². The van der Waals surface area contributed by atoms with Crippen LogP contribution in [0.15, 0.2) is 152 Å². The van der Waals surface area contributed by atoms with E-state index >= 15 is 0 Å². The molecule has 5 heteroatoms. The molecule has 4 aromatic carbocycles. The Bertz CT molecular complexity index is 2050. The molecule has 3 aromatic heterocycles. The highest BCUT2D eigenvalue weighted by atomic mass is 16.5. The van der Waals surface area contributed by atoms with Crippen LogP contribution in [0, 0.1) is 0 Å². The topological polar surface area (TPSA) is 57.1 Å². The zero-order valence-corrected chi connectivity index (χ0v) is 29.8. The SMILES string of the molecule is CCCCOc1cc(-c2ccc(-c3ccccc3)nc2-c2ccccn2)c(OCCCC)cc1-c1ccc(-c2ccccc2)nc1-c1ccccc1. The fourth-order valence-corrected chi connectivity index (χ4v) is 6.28. The number of ether oxygens (including phenoxy) is 2. The molecule has 0 fully saturated rings. The highest BCUT2D eigenvalue weighted by molar-refractivity contribution is 5.91. The highest BCUT2D eigenvalue weighted by Crippen LogP contribution is 2.46. The summed E-state index contributed by atoms with van der Waals surface area (Å²) in [5.74, 6) is 1.54. The monoisotopic (exact) mass is 681 g/mol. The van der Waals surface area contributed by atoms with E-state index in [0.29, 0.717) is 13.2 Å². The number of unbranched alkanes of at least 4 members (excludes halogenated alkanes) is 2. The van der Waals surface area contributed by atoms with Crippen LogP contribution in [0.1, 0.15) is 39.5 Å². The minimum absolute atomic E-state index is 0.587. The molecule has 0 radical (unpaired) electrons. The molecule has 3 heterocycles. The van der Waals surface area contributed by atoms with Crippen LogP contribution in [0.3, 0.4) is 0 Å². The van der Waals surface area contributed by atoms with Crippen molar-refractivity contribution in [3.63, 3.8) is 0 Å². The van der Waals surface area contributed by atoms with Gasteiger partial charge in [0.1, 0.15) is 11.5 Å². The number of rotatable bonds is 14. The molecule has 0 N–H and O–H groups in total. The lowest BCUT2D eigenvalue weighted by atomic mass is 9.93. The molecule has 258 valence electrons. The number of hydrogen-bond donors (Lipinski definition) is 0. The maximum Gasteiger partial charge on any atom is 0.128 e. The molecule has 0 aliphatic rings. The van der Waals surface area contributed by atoms with Crippen molar-refractivity contribution in [2.45, 2.75) is 39.5 Å². The molecule has 0 saturated carbocycles. The van der Waals surface area contributed by atoms with Crippen LogP contribution in [0.5, 0.6) is 11.5 Å². The summed E-state index contributed by atoms with van der Waals surface area (Å²) in [4.78, 5) is 15.3. The third kappa shape index (κ3) is 7.79. The van der Waals surface area contributed by atoms with Gasteiger partial charge in [0.15, 0.2) is 0 Å². The van der Waals surface area contributed by atoms with Gasteiger partial charge in [-0.25, -0.2) is 9.97 Å². The quantitative estimate of drug-likeness (QED) is 0.107. The van der Waals surface area contributed by atoms with E-state index < -0.39 is 0 Å². The molecule has 0 atom stereocenters. The Hall–Kier alpha value is -6.07. The molecule has 0 aliphatic heterocycles. The molecule has 5 nitrogen and oxygen atoms in total. The second kappa shape index (κ2) is 16.8. The predicted octanol–water partition coefficient (Wildman–Crippen LogP) is 12.2. The van der Waals surface area contributed by atoms with Crippen molar-refractivity contribution < 1.29 is 9.47 Å². The van der Waals surface area contributed by atoms with Gasteiger partial charge in [-0.3, -0.25) is 4.98 Å². The predicted molar refractivity (Wildman–Crippen MR) is 213 cm³/mol. The molecular weight excluding hydrogens is 639 g/mol. The highest BCUT2D eigenvalue weighted by Gasteiger charge is 2.23. The van der Waals surface area contributed by atoms with Gasteiger partial charge in [-0.05, 0) is 61.4 Å². The van der Waals surface area contributed by atoms with Crippen LogP contribution >= 0.6 is 0 Å². The Labute approximate surface area is 307 Å². The summed E-state index contributed by atoms with van der Waals surface area (Å²) in [6, 6.07) is 49.7. The number of nitrogens with zero attached hydrogens (tertiary/aromatic N) is 3. The van der Waals surface area contributed by atoms with E-state index in [-0.39, 0.29) is 0 Å². The second-order valence-corrected chi connectivity index (χ2v) is 12.7. The van der Waals surface area contributed by atoms with Gasteiger partial charge in [0.2, 0.25) is 0 Å². The van der Waals surface area contributed by atoms with E-state index in [4.69, 9.17) is 24.4 Å². The van der Waals surface area contributed by atoms with E-state index in [0.717, 1.165) is 105 Å². The van der Waals surface area contributed by atoms with Gasteiger partial charge in [-0.15, -0.1) is 0 Å². The molecule has 0 amide bonds. The number of hydrogen-bond acceptors (Lipinski definition) is 5. The molecule has 52 heavy (non-hydrogen) atoms. The number of aromatic nitrogens is 3. The Morgan fingerprint density at radius 2 is 0.885 bits per heavy atom. The Kier molecular flexibility index (Phi) is 11.1. The Balaban J connectivity index is 1.46. The molecule has 7 rings (SSSR count). The van der Waals surface area contributed by atoms with Crippen molar-refractivity contribution in [1.82, 2.24) is 15.0 Å². The van der Waals surface area contributed by atoms with Gasteiger partial charge < -0.3 is 9.47 Å². The first kappa shape index (κ1) is 34.4. The normalized spacial score (nSPS) is 11.0. The first-order valence-corrected chi connectivity index (χ1v) is 18.3. The zero-order valence-electron chi connectivity index (χ0n) is 29.8. The summed E-state index contributed by atoms with van der Waals surface area (Å²) < 4.78 is 13.4. The maximum absolute atomic E-state index is 6.70. The Morgan fingerprint density at radius 1 is 0.423 bits per heavy atom. The number of benzene rings is 4. The van der Waals surface area contributed by atoms with E-state index in [9.17, 15) is 0 Å². The summed E-state index contributed by atoms with van der Waals surface area (Å²) in [6.07, 6.45) is 5.74. The first-order valence-electron chi connectivity index (χ1n) is 18.3. The van der Waals surface area contributed by atoms with E-state index in [2.05, 4.69) is 98.8 Å². The largest absolute Gasteiger partial charge is 0.493 e. The van der Waals surface area contributed by atoms with Gasteiger partial charge >= 0.3 is 0 Å². The zero-order chi connectivity index (χ0) is 35.5. The summed E-state index contributed by atoms with van der Waals surface area (Å²) in [5.41, 5.74) is 11.2. The van der Waals surface area contributed by atoms with Crippen LogP contribution in [-0.2, 0) is 0 Å². The molecule has 0 saturated heterocycles. The van der Waals surface area contributed by atoms with Crippen LogP contribution in [0.2, 0.25) is 0 Å². The third-order valence-corrected chi connectivity index (χ3v) is 9.06. The van der Waals surface area contributed by atoms with E-state index in [1.54, 1.807) is 0 Å². The van der Waals surface area contributed by atoms with Crippen LogP contribution in [-0.4, -0.2) is 28.2 Å². The molecule has 0 bridgehead atoms. The molecular formula is C47H43N3O2. The summed E-state index contributed by atoms with van der Waals surface area (Å²) in [7, 11) is 0. The fraction of sp³-hybridized carbons (Fsp3) is 0.170. The average molecular weight is 682 g/mol. The van der Waals surface area contributed by atoms with Gasteiger partial charge in [-0.1, -0.05) is 124 Å². The minimum Gasteiger partial charge on any atom is -0.493 e. The number of pyridine rings is 3. The molecule has 7 aromatic rings. The van der Waals surface area contributed by atoms with Crippen LogP contribution in [0.25, 0.3) is 67.4 Å². The van der Waals surface area contributed by atoms with Crippen molar-refractivity contribution in [3.05, 3.63) is 152 Å². The van der Waals surface area contributed by atoms with Crippen molar-refractivity contribution in [1.29, 1.82) is 0 Å². The summed E-state index contributed by atoms with van der Waals surface area (Å²) in [6.45, 7) is 5.54. The third-order valence-electron chi connectivity index (χ3n) is 9.06. The summed E-state index contributed by atoms with van der Waals surface area (Å²) >= 11 is 0. The fourth-order valence-electron chi connectivity index (χ4n) is 6.28. The summed E-state index contributed by atoms with van der Waals surface area (Å²) in [5, 5.41) is 0. The van der Waals surface area contributed by atoms with Crippen molar-refractivity contribution in [2.24, 2.45) is 0 Å². The average Bonchev–Trinajstić information content (AvgIpc) is 3.22. The van der Waals surface area contributed by atoms with E-state index in [1.165, 1.54) is 0 Å². The van der Waals surface area contributed by atoms with Gasteiger partial charge in [-0.2, -0.15) is 0 Å². The Morgan fingerprint density at radius 3 is 1.37 bits per heavy atom. The lowest BCUT2D eigenvalue weighted by molar-refractivity contribution is 0.303. The van der Waals surface area contributed by atoms with Crippen LogP contribution < -0.4 is 9.47 Å². The molecule has 0 spiro atoms. The lowest BCUT2D eigenvalue weighted by Gasteiger charge is -2.21. The molecule has 0 aliphatic carbocycles. The van der Waals surface area contributed by atoms with Gasteiger partial charge in [0.25, 0.3) is 0 Å². The van der Waals surface area contributed by atoms with Crippen molar-refractivity contribution in [3.8, 4) is 78.9 Å². The smallest absolute Gasteiger partial charge is 0.128 e. The van der Waals surface area contributed by atoms with Crippen molar-refractivity contribution in [2.75, 3.05) is 13.2 Å². The standard InChI is InChI=1S/C47H43N3O2/c1-3-5-30-51-44-33-40(38-26-28-42(35-20-12-8-13-21-35)50-47(38)43-24-16-17-29-48-43)45(52-31-6-4-2)32-39(44)37-25-27-41(34-18-10-7-11-19-34)49-46(37)36-22-14-9-15-23-36/h7-29,32-33H,3-6,30-31H2,1-2H3. The maximum atomic E-state index is 6.70. The molecule has 0 unspecified atom stereocenters. The van der Waals surface area contributed by atoms with E-state index in [1.807, 2.05) is 66.9 Å². The van der Waals surface area contributed by atoms with Gasteiger partial charge in [0, 0.05) is 45.1 Å². The second-order valence-electron chi connectivity index (χ2n) is 12.7. The van der Waals surface area contributed by atoms with Gasteiger partial charge in [0.05, 0.1) is 41.7 Å². The first-order chi connectivity index (χ1) is 25.7.